The summed E-state index contributed by atoms with van der Waals surface area (Å²) in [4.78, 5) is 10.2. The van der Waals surface area contributed by atoms with E-state index >= 15 is 0 Å². The Morgan fingerprint density at radius 2 is 1.90 bits per heavy atom. The molecule has 10 heavy (non-hydrogen) atoms. The summed E-state index contributed by atoms with van der Waals surface area (Å²) in [5, 5.41) is 8.37. The molecule has 0 amide bonds. The first-order chi connectivity index (χ1) is 4.30. The van der Waals surface area contributed by atoms with Gasteiger partial charge in [0.1, 0.15) is 0 Å². The average molecular weight is 176 g/mol. The number of rotatable bonds is 1. The number of hydrogen-bond donors (Lipinski definition) is 1. The third-order valence-corrected chi connectivity index (χ3v) is 0.965. The minimum Gasteiger partial charge on any atom is -0.479 e. The topological polar surface area (TPSA) is 37.3 Å². The molecule has 0 saturated heterocycles. The minimum atomic E-state index is -0.899. The number of carbonyl (C=O) groups is 1. The van der Waals surface area contributed by atoms with Gasteiger partial charge >= 0.3 is 5.97 Å². The van der Waals surface area contributed by atoms with Gasteiger partial charge in [0.25, 0.3) is 0 Å². The van der Waals surface area contributed by atoms with Crippen molar-refractivity contribution in [2.24, 2.45) is 0 Å². The summed E-state index contributed by atoms with van der Waals surface area (Å²) in [6.07, 6.45) is 0. The molecule has 0 aliphatic heterocycles. The fourth-order valence-corrected chi connectivity index (χ4v) is 0.529. The van der Waals surface area contributed by atoms with Gasteiger partial charge in [-0.05, 0) is 5.56 Å². The summed E-state index contributed by atoms with van der Waals surface area (Å²) in [5.41, 5.74) is 0.300. The molecule has 0 aliphatic rings. The van der Waals surface area contributed by atoms with E-state index in [4.69, 9.17) is 5.11 Å². The zero-order chi connectivity index (χ0) is 6.69. The Labute approximate surface area is 69.3 Å². The van der Waals surface area contributed by atoms with Crippen LogP contribution in [0.2, 0.25) is 0 Å². The monoisotopic (exact) mass is 176 g/mol. The van der Waals surface area contributed by atoms with Crippen molar-refractivity contribution in [1.82, 2.24) is 0 Å². The summed E-state index contributed by atoms with van der Waals surface area (Å²) in [5.74, 6) is -0.899. The van der Waals surface area contributed by atoms with Gasteiger partial charge < -0.3 is 5.11 Å². The van der Waals surface area contributed by atoms with Gasteiger partial charge in [-0.25, -0.2) is 4.79 Å². The molecule has 3 heteroatoms. The van der Waals surface area contributed by atoms with Crippen LogP contribution in [0.3, 0.4) is 0 Å². The van der Waals surface area contributed by atoms with Gasteiger partial charge in [-0.15, -0.1) is 0 Å². The first-order valence-electron chi connectivity index (χ1n) is 2.50. The molecule has 1 aromatic carbocycles. The Balaban J connectivity index is 0.000000810. The Morgan fingerprint density at radius 3 is 2.20 bits per heavy atom. The van der Waals surface area contributed by atoms with Crippen molar-refractivity contribution < 1.29 is 27.0 Å². The van der Waals surface area contributed by atoms with Crippen LogP contribution in [-0.4, -0.2) is 11.1 Å². The summed E-state index contributed by atoms with van der Waals surface area (Å²) in [6, 6.07) is 8.87. The summed E-state index contributed by atoms with van der Waals surface area (Å²) < 4.78 is 0. The maximum Gasteiger partial charge on any atom is 0.311 e. The second-order valence-electron chi connectivity index (χ2n) is 1.59. The smallest absolute Gasteiger partial charge is 0.311 e. The molecular formula is C7H5MnO2-. The van der Waals surface area contributed by atoms with Crippen molar-refractivity contribution in [2.45, 2.75) is 0 Å². The molecule has 1 N–H and O–H groups in total. The van der Waals surface area contributed by atoms with Gasteiger partial charge in [-0.2, -0.15) is 30.3 Å². The van der Waals surface area contributed by atoms with Crippen LogP contribution in [-0.2, 0) is 17.1 Å². The SMILES string of the molecule is O=C(O)c1cc[c-]cc1.[Mn]. The van der Waals surface area contributed by atoms with E-state index in [9.17, 15) is 4.79 Å². The maximum absolute atomic E-state index is 10.2. The van der Waals surface area contributed by atoms with Gasteiger partial charge in [-0.3, -0.25) is 0 Å². The van der Waals surface area contributed by atoms with Crippen LogP contribution in [0.5, 0.6) is 0 Å². The minimum absolute atomic E-state index is 0. The van der Waals surface area contributed by atoms with E-state index in [1.807, 2.05) is 0 Å². The van der Waals surface area contributed by atoms with E-state index < -0.39 is 5.97 Å². The number of benzene rings is 1. The van der Waals surface area contributed by atoms with E-state index in [0.717, 1.165) is 0 Å². The molecule has 0 bridgehead atoms. The Morgan fingerprint density at radius 1 is 1.40 bits per heavy atom. The molecule has 1 rings (SSSR count). The average Bonchev–Trinajstić information content (AvgIpc) is 1.90. The fourth-order valence-electron chi connectivity index (χ4n) is 0.529. The van der Waals surface area contributed by atoms with E-state index in [2.05, 4.69) is 6.07 Å². The molecule has 1 radical (unpaired) electrons. The van der Waals surface area contributed by atoms with E-state index in [1.165, 1.54) is 12.1 Å². The largest absolute Gasteiger partial charge is 0.479 e. The van der Waals surface area contributed by atoms with Crippen LogP contribution in [0, 0.1) is 6.07 Å². The second kappa shape index (κ2) is 4.09. The van der Waals surface area contributed by atoms with E-state index in [-0.39, 0.29) is 17.1 Å². The molecule has 53 valence electrons. The third-order valence-electron chi connectivity index (χ3n) is 0.965. The van der Waals surface area contributed by atoms with Crippen molar-refractivity contribution in [2.75, 3.05) is 0 Å². The van der Waals surface area contributed by atoms with Gasteiger partial charge in [0.15, 0.2) is 0 Å². The van der Waals surface area contributed by atoms with Crippen molar-refractivity contribution >= 4 is 5.97 Å². The molecule has 0 aliphatic carbocycles. The first kappa shape index (κ1) is 9.21. The van der Waals surface area contributed by atoms with Crippen molar-refractivity contribution in [3.8, 4) is 0 Å². The van der Waals surface area contributed by atoms with Gasteiger partial charge in [-0.1, -0.05) is 0 Å². The van der Waals surface area contributed by atoms with Crippen molar-refractivity contribution in [1.29, 1.82) is 0 Å². The molecule has 0 unspecified atom stereocenters. The molecular weight excluding hydrogens is 171 g/mol. The molecule has 0 heterocycles. The van der Waals surface area contributed by atoms with Crippen LogP contribution < -0.4 is 0 Å². The van der Waals surface area contributed by atoms with Crippen LogP contribution in [0.1, 0.15) is 10.4 Å². The van der Waals surface area contributed by atoms with Crippen molar-refractivity contribution in [3.05, 3.63) is 35.9 Å². The van der Waals surface area contributed by atoms with E-state index in [0.29, 0.717) is 5.56 Å². The van der Waals surface area contributed by atoms with Gasteiger partial charge in [0, 0.05) is 17.1 Å². The quantitative estimate of drug-likeness (QED) is 0.515. The summed E-state index contributed by atoms with van der Waals surface area (Å²) in [6.45, 7) is 0. The molecule has 0 atom stereocenters. The first-order valence-corrected chi connectivity index (χ1v) is 2.50. The van der Waals surface area contributed by atoms with Crippen molar-refractivity contribution in [3.63, 3.8) is 0 Å². The number of carboxylic acid groups (broad SMARTS) is 1. The normalized spacial score (nSPS) is 8.00. The Bertz CT molecular complexity index is 208. The second-order valence-corrected chi connectivity index (χ2v) is 1.59. The standard InChI is InChI=1S/C7H5O2.Mn/c8-7(9)6-4-2-1-3-5-6;/h2-5H,(H,8,9);/q-1;. The number of carboxylic acids is 1. The molecule has 0 fully saturated rings. The Kier molecular flexibility index (Phi) is 3.77. The Hall–Kier alpha value is -0.791. The van der Waals surface area contributed by atoms with E-state index in [1.54, 1.807) is 12.1 Å². The molecule has 2 nitrogen and oxygen atoms in total. The maximum atomic E-state index is 10.2. The predicted molar refractivity (Wildman–Crippen MR) is 32.2 cm³/mol. The molecule has 0 saturated carbocycles. The zero-order valence-electron chi connectivity index (χ0n) is 5.04. The van der Waals surface area contributed by atoms with Crippen LogP contribution in [0.25, 0.3) is 0 Å². The summed E-state index contributed by atoms with van der Waals surface area (Å²) >= 11 is 0. The molecule has 0 aromatic heterocycles. The third kappa shape index (κ3) is 2.21. The predicted octanol–water partition coefficient (Wildman–Crippen LogP) is 1.18. The van der Waals surface area contributed by atoms with Crippen LogP contribution in [0.15, 0.2) is 24.3 Å². The van der Waals surface area contributed by atoms with Gasteiger partial charge in [0.2, 0.25) is 0 Å². The molecule has 1 aromatic rings. The molecule has 0 spiro atoms. The summed E-state index contributed by atoms with van der Waals surface area (Å²) in [7, 11) is 0. The van der Waals surface area contributed by atoms with Crippen LogP contribution in [0.4, 0.5) is 0 Å². The van der Waals surface area contributed by atoms with Gasteiger partial charge in [0.05, 0.1) is 0 Å². The van der Waals surface area contributed by atoms with Crippen LogP contribution >= 0.6 is 0 Å². The number of hydrogen-bond acceptors (Lipinski definition) is 1. The fraction of sp³-hybridized carbons (Fsp3) is 0. The number of aromatic carboxylic acids is 1. The zero-order valence-corrected chi connectivity index (χ0v) is 6.22.